The number of ether oxygens (including phenoxy) is 1. The zero-order valence-electron chi connectivity index (χ0n) is 20.2. The molecule has 0 fully saturated rings. The van der Waals surface area contributed by atoms with Crippen molar-refractivity contribution in [1.82, 2.24) is 19.7 Å². The summed E-state index contributed by atoms with van der Waals surface area (Å²) in [4.78, 5) is 37.7. The molecule has 0 saturated heterocycles. The molecule has 1 N–H and O–H groups in total. The van der Waals surface area contributed by atoms with Crippen molar-refractivity contribution in [2.75, 3.05) is 6.61 Å². The summed E-state index contributed by atoms with van der Waals surface area (Å²) in [5, 5.41) is 7.33. The number of rotatable bonds is 8. The SMILES string of the molecule is CCOC(=O)/C=C\n1c(-c2ccc(Cl)cc2)nn(CC(=O)NC(C)(C)c2cccc(C(F)(F)F)c2)c1=O. The van der Waals surface area contributed by atoms with Crippen LogP contribution >= 0.6 is 11.6 Å². The first-order chi connectivity index (χ1) is 17.3. The summed E-state index contributed by atoms with van der Waals surface area (Å²) >= 11 is 5.94. The van der Waals surface area contributed by atoms with Gasteiger partial charge in [0.15, 0.2) is 5.82 Å². The van der Waals surface area contributed by atoms with Crippen molar-refractivity contribution in [1.29, 1.82) is 0 Å². The van der Waals surface area contributed by atoms with Gasteiger partial charge in [0.2, 0.25) is 5.91 Å². The highest BCUT2D eigenvalue weighted by Crippen LogP contribution is 2.32. The Kier molecular flexibility index (Phi) is 8.27. The topological polar surface area (TPSA) is 95.2 Å². The van der Waals surface area contributed by atoms with E-state index < -0.39 is 41.4 Å². The lowest BCUT2D eigenvalue weighted by atomic mass is 9.92. The molecule has 0 unspecified atom stereocenters. The molecule has 3 rings (SSSR count). The Balaban J connectivity index is 1.90. The van der Waals surface area contributed by atoms with E-state index in [-0.39, 0.29) is 18.0 Å². The minimum absolute atomic E-state index is 0.132. The maximum absolute atomic E-state index is 13.1. The normalized spacial score (nSPS) is 12.1. The van der Waals surface area contributed by atoms with Crippen molar-refractivity contribution in [3.05, 3.63) is 81.2 Å². The lowest BCUT2D eigenvalue weighted by molar-refractivity contribution is -0.138. The third-order valence-corrected chi connectivity index (χ3v) is 5.53. The zero-order chi connectivity index (χ0) is 27.4. The highest BCUT2D eigenvalue weighted by atomic mass is 35.5. The Labute approximate surface area is 215 Å². The molecule has 37 heavy (non-hydrogen) atoms. The number of carbonyl (C=O) groups is 2. The Bertz CT molecular complexity index is 1380. The predicted molar refractivity (Wildman–Crippen MR) is 132 cm³/mol. The van der Waals surface area contributed by atoms with Gasteiger partial charge in [0.25, 0.3) is 0 Å². The van der Waals surface area contributed by atoms with E-state index in [0.717, 1.165) is 27.5 Å². The average Bonchev–Trinajstić information content (AvgIpc) is 3.12. The molecule has 1 heterocycles. The largest absolute Gasteiger partial charge is 0.463 e. The van der Waals surface area contributed by atoms with E-state index in [9.17, 15) is 27.6 Å². The fourth-order valence-corrected chi connectivity index (χ4v) is 3.59. The minimum Gasteiger partial charge on any atom is -0.463 e. The Morgan fingerprint density at radius 1 is 1.11 bits per heavy atom. The molecule has 12 heteroatoms. The summed E-state index contributed by atoms with van der Waals surface area (Å²) in [7, 11) is 0. The number of benzene rings is 2. The van der Waals surface area contributed by atoms with Gasteiger partial charge in [0.05, 0.1) is 17.7 Å². The number of esters is 1. The van der Waals surface area contributed by atoms with Crippen LogP contribution in [0.2, 0.25) is 5.02 Å². The van der Waals surface area contributed by atoms with Crippen LogP contribution in [0.1, 0.15) is 31.9 Å². The van der Waals surface area contributed by atoms with Gasteiger partial charge in [-0.25, -0.2) is 18.8 Å². The van der Waals surface area contributed by atoms with Crippen LogP contribution in [0.25, 0.3) is 17.6 Å². The van der Waals surface area contributed by atoms with Crippen molar-refractivity contribution >= 4 is 29.7 Å². The highest BCUT2D eigenvalue weighted by molar-refractivity contribution is 6.30. The monoisotopic (exact) mass is 536 g/mol. The van der Waals surface area contributed by atoms with Gasteiger partial charge in [-0.2, -0.15) is 13.2 Å². The molecule has 8 nitrogen and oxygen atoms in total. The number of alkyl halides is 3. The van der Waals surface area contributed by atoms with E-state index in [0.29, 0.717) is 10.6 Å². The molecule has 0 aliphatic rings. The minimum atomic E-state index is -4.54. The molecular formula is C25H24ClF3N4O4. The van der Waals surface area contributed by atoms with Crippen molar-refractivity contribution in [3.8, 4) is 11.4 Å². The Hall–Kier alpha value is -3.86. The molecule has 0 radical (unpaired) electrons. The fourth-order valence-electron chi connectivity index (χ4n) is 3.46. The third kappa shape index (κ3) is 6.88. The van der Waals surface area contributed by atoms with Crippen LogP contribution in [0.15, 0.2) is 59.4 Å². The number of nitrogens with one attached hydrogen (secondary N) is 1. The van der Waals surface area contributed by atoms with Crippen LogP contribution in [0.5, 0.6) is 0 Å². The second-order valence-corrected chi connectivity index (χ2v) is 8.90. The number of amides is 1. The van der Waals surface area contributed by atoms with Gasteiger partial charge in [-0.05, 0) is 62.7 Å². The molecule has 0 atom stereocenters. The highest BCUT2D eigenvalue weighted by Gasteiger charge is 2.32. The molecule has 0 saturated carbocycles. The molecule has 196 valence electrons. The average molecular weight is 537 g/mol. The summed E-state index contributed by atoms with van der Waals surface area (Å²) in [6, 6.07) is 11.0. The van der Waals surface area contributed by atoms with Crippen LogP contribution in [-0.2, 0) is 32.6 Å². The zero-order valence-corrected chi connectivity index (χ0v) is 20.9. The van der Waals surface area contributed by atoms with Crippen LogP contribution in [0.4, 0.5) is 13.2 Å². The smallest absolute Gasteiger partial charge is 0.416 e. The van der Waals surface area contributed by atoms with Crippen molar-refractivity contribution in [2.24, 2.45) is 0 Å². The third-order valence-electron chi connectivity index (χ3n) is 5.28. The van der Waals surface area contributed by atoms with Crippen LogP contribution in [-0.4, -0.2) is 32.8 Å². The van der Waals surface area contributed by atoms with Crippen LogP contribution in [0.3, 0.4) is 0 Å². The summed E-state index contributed by atoms with van der Waals surface area (Å²) in [5.74, 6) is -1.21. The maximum atomic E-state index is 13.1. The molecule has 0 bridgehead atoms. The van der Waals surface area contributed by atoms with E-state index in [4.69, 9.17) is 16.3 Å². The van der Waals surface area contributed by atoms with Gasteiger partial charge >= 0.3 is 17.8 Å². The molecule has 0 aliphatic heterocycles. The molecule has 2 aromatic carbocycles. The van der Waals surface area contributed by atoms with Crippen molar-refractivity contribution in [3.63, 3.8) is 0 Å². The number of hydrogen-bond acceptors (Lipinski definition) is 5. The molecule has 1 amide bonds. The number of aromatic nitrogens is 3. The molecule has 1 aromatic heterocycles. The Morgan fingerprint density at radius 3 is 2.38 bits per heavy atom. The number of nitrogens with zero attached hydrogens (tertiary/aromatic N) is 3. The van der Waals surface area contributed by atoms with E-state index in [1.807, 2.05) is 0 Å². The van der Waals surface area contributed by atoms with Gasteiger partial charge in [-0.1, -0.05) is 23.7 Å². The van der Waals surface area contributed by atoms with Gasteiger partial charge in [0, 0.05) is 22.9 Å². The lowest BCUT2D eigenvalue weighted by Crippen LogP contribution is -2.44. The second kappa shape index (κ2) is 11.0. The summed E-state index contributed by atoms with van der Waals surface area (Å²) in [5.41, 5.74) is -2.04. The van der Waals surface area contributed by atoms with E-state index in [1.54, 1.807) is 45.0 Å². The van der Waals surface area contributed by atoms with Gasteiger partial charge in [0.1, 0.15) is 6.54 Å². The standard InChI is InChI=1S/C25H24ClF3N4O4/c1-4-37-21(35)12-13-32-22(16-8-10-19(26)11-9-16)31-33(23(32)36)15-20(34)30-24(2,3)17-6-5-7-18(14-17)25(27,28)29/h5-14H,4,15H2,1-3H3,(H,30,34)/b13-12-. The quantitative estimate of drug-likeness (QED) is 0.338. The van der Waals surface area contributed by atoms with E-state index >= 15 is 0 Å². The summed E-state index contributed by atoms with van der Waals surface area (Å²) < 4.78 is 46.2. The van der Waals surface area contributed by atoms with Gasteiger partial charge in [-0.15, -0.1) is 5.10 Å². The first kappa shape index (κ1) is 27.7. The summed E-state index contributed by atoms with van der Waals surface area (Å²) in [6.07, 6.45) is -2.31. The van der Waals surface area contributed by atoms with Gasteiger partial charge in [-0.3, -0.25) is 4.79 Å². The van der Waals surface area contributed by atoms with Crippen molar-refractivity contribution in [2.45, 2.75) is 39.0 Å². The number of hydrogen-bond donors (Lipinski definition) is 1. The van der Waals surface area contributed by atoms with Crippen molar-refractivity contribution < 1.29 is 27.5 Å². The fraction of sp³-hybridized carbons (Fsp3) is 0.280. The number of halogens is 4. The Morgan fingerprint density at radius 2 is 1.76 bits per heavy atom. The first-order valence-electron chi connectivity index (χ1n) is 11.1. The lowest BCUT2D eigenvalue weighted by Gasteiger charge is -2.27. The first-order valence-corrected chi connectivity index (χ1v) is 11.5. The van der Waals surface area contributed by atoms with E-state index in [2.05, 4.69) is 10.4 Å². The van der Waals surface area contributed by atoms with Gasteiger partial charge < -0.3 is 10.1 Å². The molecule has 0 aliphatic carbocycles. The molecular weight excluding hydrogens is 513 g/mol. The predicted octanol–water partition coefficient (Wildman–Crippen LogP) is 4.47. The molecule has 3 aromatic rings. The van der Waals surface area contributed by atoms with Crippen LogP contribution in [0, 0.1) is 0 Å². The summed E-state index contributed by atoms with van der Waals surface area (Å²) in [6.45, 7) is 4.34. The molecule has 0 spiro atoms. The second-order valence-electron chi connectivity index (χ2n) is 8.46. The number of carbonyl (C=O) groups excluding carboxylic acids is 2. The van der Waals surface area contributed by atoms with E-state index in [1.165, 1.54) is 18.3 Å². The van der Waals surface area contributed by atoms with Crippen LogP contribution < -0.4 is 11.0 Å². The maximum Gasteiger partial charge on any atom is 0.416 e.